The Balaban J connectivity index is 1.95. The van der Waals surface area contributed by atoms with Crippen LogP contribution in [0, 0.1) is 0 Å². The van der Waals surface area contributed by atoms with Crippen LogP contribution in [0.25, 0.3) is 0 Å². The summed E-state index contributed by atoms with van der Waals surface area (Å²) in [5.41, 5.74) is 1.55. The molecule has 0 aliphatic rings. The van der Waals surface area contributed by atoms with Crippen LogP contribution in [0.1, 0.15) is 31.0 Å². The summed E-state index contributed by atoms with van der Waals surface area (Å²) in [5, 5.41) is 2.79. The first-order chi connectivity index (χ1) is 10.1. The second-order valence-corrected chi connectivity index (χ2v) is 5.20. The molecule has 1 aromatic carbocycles. The summed E-state index contributed by atoms with van der Waals surface area (Å²) in [6.45, 7) is 4.38. The fourth-order valence-corrected chi connectivity index (χ4v) is 1.88. The molecule has 5 heteroatoms. The maximum atomic E-state index is 11.9. The Morgan fingerprint density at radius 3 is 2.62 bits per heavy atom. The van der Waals surface area contributed by atoms with Gasteiger partial charge in [-0.3, -0.25) is 14.2 Å². The van der Waals surface area contributed by atoms with E-state index < -0.39 is 0 Å². The molecule has 0 unspecified atom stereocenters. The van der Waals surface area contributed by atoms with Gasteiger partial charge in [-0.1, -0.05) is 44.2 Å². The van der Waals surface area contributed by atoms with E-state index in [1.165, 1.54) is 17.0 Å². The fraction of sp³-hybridized carbons (Fsp3) is 0.312. The number of carbonyl (C=O) groups excluding carboxylic acids is 1. The van der Waals surface area contributed by atoms with Gasteiger partial charge in [-0.2, -0.15) is 0 Å². The normalized spacial score (nSPS) is 10.6. The maximum Gasteiger partial charge on any atom is 0.254 e. The second-order valence-electron chi connectivity index (χ2n) is 5.20. The number of nitrogens with zero attached hydrogens (tertiary/aromatic N) is 2. The zero-order chi connectivity index (χ0) is 15.2. The van der Waals surface area contributed by atoms with Crippen molar-refractivity contribution in [2.45, 2.75) is 32.9 Å². The lowest BCUT2D eigenvalue weighted by molar-refractivity contribution is -0.121. The zero-order valence-corrected chi connectivity index (χ0v) is 12.2. The third-order valence-electron chi connectivity index (χ3n) is 3.14. The van der Waals surface area contributed by atoms with E-state index in [4.69, 9.17) is 0 Å². The maximum absolute atomic E-state index is 11.9. The SMILES string of the molecule is CC(C)c1cc(=O)n(CC(=O)NCc2ccccc2)cn1. The first-order valence-corrected chi connectivity index (χ1v) is 6.93. The first-order valence-electron chi connectivity index (χ1n) is 6.93. The van der Waals surface area contributed by atoms with Crippen molar-refractivity contribution in [2.75, 3.05) is 0 Å². The number of carbonyl (C=O) groups is 1. The predicted octanol–water partition coefficient (Wildman–Crippen LogP) is 1.68. The molecular weight excluding hydrogens is 266 g/mol. The third kappa shape index (κ3) is 4.27. The average molecular weight is 285 g/mol. The molecule has 0 atom stereocenters. The lowest BCUT2D eigenvalue weighted by Gasteiger charge is -2.09. The van der Waals surface area contributed by atoms with Gasteiger partial charge in [0.1, 0.15) is 6.54 Å². The lowest BCUT2D eigenvalue weighted by Crippen LogP contribution is -2.32. The highest BCUT2D eigenvalue weighted by atomic mass is 16.2. The van der Waals surface area contributed by atoms with E-state index in [0.29, 0.717) is 6.54 Å². The minimum Gasteiger partial charge on any atom is -0.350 e. The summed E-state index contributed by atoms with van der Waals surface area (Å²) in [7, 11) is 0. The molecule has 2 aromatic rings. The molecule has 0 aliphatic carbocycles. The van der Waals surface area contributed by atoms with Crippen molar-refractivity contribution in [1.29, 1.82) is 0 Å². The predicted molar refractivity (Wildman–Crippen MR) is 80.9 cm³/mol. The summed E-state index contributed by atoms with van der Waals surface area (Å²) < 4.78 is 1.31. The molecule has 0 bridgehead atoms. The Bertz CT molecular complexity index is 663. The van der Waals surface area contributed by atoms with E-state index in [2.05, 4.69) is 10.3 Å². The van der Waals surface area contributed by atoms with Crippen LogP contribution in [0.4, 0.5) is 0 Å². The van der Waals surface area contributed by atoms with Crippen LogP contribution in [0.2, 0.25) is 0 Å². The van der Waals surface area contributed by atoms with Gasteiger partial charge in [0.25, 0.3) is 5.56 Å². The van der Waals surface area contributed by atoms with E-state index >= 15 is 0 Å². The van der Waals surface area contributed by atoms with Gasteiger partial charge >= 0.3 is 0 Å². The van der Waals surface area contributed by atoms with Crippen molar-refractivity contribution in [2.24, 2.45) is 0 Å². The molecule has 1 aromatic heterocycles. The summed E-state index contributed by atoms with van der Waals surface area (Å²) in [6.07, 6.45) is 1.43. The number of hydrogen-bond donors (Lipinski definition) is 1. The van der Waals surface area contributed by atoms with Crippen LogP contribution in [0.15, 0.2) is 47.5 Å². The Morgan fingerprint density at radius 1 is 1.29 bits per heavy atom. The van der Waals surface area contributed by atoms with Gasteiger partial charge < -0.3 is 5.32 Å². The molecule has 1 amide bonds. The quantitative estimate of drug-likeness (QED) is 0.909. The van der Waals surface area contributed by atoms with E-state index in [1.807, 2.05) is 44.2 Å². The van der Waals surface area contributed by atoms with E-state index in [9.17, 15) is 9.59 Å². The van der Waals surface area contributed by atoms with Gasteiger partial charge in [0, 0.05) is 12.6 Å². The number of amides is 1. The molecule has 5 nitrogen and oxygen atoms in total. The molecule has 21 heavy (non-hydrogen) atoms. The third-order valence-corrected chi connectivity index (χ3v) is 3.14. The van der Waals surface area contributed by atoms with Crippen molar-refractivity contribution in [3.8, 4) is 0 Å². The van der Waals surface area contributed by atoms with Gasteiger partial charge in [-0.25, -0.2) is 4.98 Å². The summed E-state index contributed by atoms with van der Waals surface area (Å²) in [6, 6.07) is 11.1. The molecule has 0 saturated carbocycles. The van der Waals surface area contributed by atoms with Crippen molar-refractivity contribution in [1.82, 2.24) is 14.9 Å². The van der Waals surface area contributed by atoms with Crippen LogP contribution in [0.5, 0.6) is 0 Å². The van der Waals surface area contributed by atoms with E-state index in [1.54, 1.807) is 0 Å². The number of nitrogens with one attached hydrogen (secondary N) is 1. The van der Waals surface area contributed by atoms with Crippen molar-refractivity contribution in [3.05, 3.63) is 64.3 Å². The van der Waals surface area contributed by atoms with Crippen LogP contribution < -0.4 is 10.9 Å². The Labute approximate surface area is 123 Å². The monoisotopic (exact) mass is 285 g/mol. The summed E-state index contributed by atoms with van der Waals surface area (Å²) in [4.78, 5) is 27.9. The highest BCUT2D eigenvalue weighted by molar-refractivity contribution is 5.75. The standard InChI is InChI=1S/C16H19N3O2/c1-12(2)14-8-16(21)19(11-18-14)10-15(20)17-9-13-6-4-3-5-7-13/h3-8,11-12H,9-10H2,1-2H3,(H,17,20). The molecule has 0 fully saturated rings. The Kier molecular flexibility index (Phi) is 4.87. The minimum absolute atomic E-state index is 0.0168. The number of benzene rings is 1. The second kappa shape index (κ2) is 6.83. The minimum atomic E-state index is -0.208. The van der Waals surface area contributed by atoms with Crippen LogP contribution >= 0.6 is 0 Å². The highest BCUT2D eigenvalue weighted by Crippen LogP contribution is 2.07. The molecule has 0 spiro atoms. The van der Waals surface area contributed by atoms with Crippen molar-refractivity contribution >= 4 is 5.91 Å². The van der Waals surface area contributed by atoms with Crippen LogP contribution in [-0.4, -0.2) is 15.5 Å². The average Bonchev–Trinajstić information content (AvgIpc) is 2.48. The molecular formula is C16H19N3O2. The van der Waals surface area contributed by atoms with Gasteiger partial charge in [0.2, 0.25) is 5.91 Å². The topological polar surface area (TPSA) is 64.0 Å². The lowest BCUT2D eigenvalue weighted by atomic mass is 10.1. The van der Waals surface area contributed by atoms with E-state index in [-0.39, 0.29) is 23.9 Å². The fourth-order valence-electron chi connectivity index (χ4n) is 1.88. The van der Waals surface area contributed by atoms with Gasteiger partial charge in [-0.15, -0.1) is 0 Å². The van der Waals surface area contributed by atoms with Gasteiger partial charge in [-0.05, 0) is 11.5 Å². The molecule has 1 heterocycles. The van der Waals surface area contributed by atoms with Crippen LogP contribution in [0.3, 0.4) is 0 Å². The molecule has 1 N–H and O–H groups in total. The molecule has 0 saturated heterocycles. The molecule has 0 aliphatic heterocycles. The number of aromatic nitrogens is 2. The molecule has 2 rings (SSSR count). The smallest absolute Gasteiger partial charge is 0.254 e. The molecule has 110 valence electrons. The number of rotatable bonds is 5. The highest BCUT2D eigenvalue weighted by Gasteiger charge is 2.07. The largest absolute Gasteiger partial charge is 0.350 e. The van der Waals surface area contributed by atoms with Gasteiger partial charge in [0.15, 0.2) is 0 Å². The first kappa shape index (κ1) is 15.0. The summed E-state index contributed by atoms with van der Waals surface area (Å²) >= 11 is 0. The van der Waals surface area contributed by atoms with Crippen LogP contribution in [-0.2, 0) is 17.9 Å². The van der Waals surface area contributed by atoms with Crippen molar-refractivity contribution in [3.63, 3.8) is 0 Å². The zero-order valence-electron chi connectivity index (χ0n) is 12.2. The number of hydrogen-bond acceptors (Lipinski definition) is 3. The van der Waals surface area contributed by atoms with Crippen molar-refractivity contribution < 1.29 is 4.79 Å². The Hall–Kier alpha value is -2.43. The van der Waals surface area contributed by atoms with E-state index in [0.717, 1.165) is 11.3 Å². The molecule has 0 radical (unpaired) electrons. The van der Waals surface area contributed by atoms with Gasteiger partial charge in [0.05, 0.1) is 12.0 Å². The Morgan fingerprint density at radius 2 is 2.00 bits per heavy atom. The summed E-state index contributed by atoms with van der Waals surface area (Å²) in [5.74, 6) is -0.0145.